The van der Waals surface area contributed by atoms with Gasteiger partial charge in [0, 0.05) is 29.1 Å². The fraction of sp³-hybridized carbons (Fsp3) is 0.400. The van der Waals surface area contributed by atoms with Crippen LogP contribution in [0.1, 0.15) is 77.1 Å². The number of pyridine rings is 1. The molecule has 4 heteroatoms. The molecule has 1 fully saturated rings. The lowest BCUT2D eigenvalue weighted by molar-refractivity contribution is 0.664. The summed E-state index contributed by atoms with van der Waals surface area (Å²) >= 11 is 0. The Morgan fingerprint density at radius 1 is 1.34 bits per heavy atom. The quantitative estimate of drug-likeness (QED) is 0.597. The first-order valence-electron chi connectivity index (χ1n) is 10.6. The van der Waals surface area contributed by atoms with E-state index in [0.717, 1.165) is 47.2 Å². The zero-order chi connectivity index (χ0) is 21.4. The Bertz CT molecular complexity index is 984. The molecule has 0 spiro atoms. The maximum absolute atomic E-state index is 9.52. The molecule has 1 aromatic heterocycles. The minimum absolute atomic E-state index is 0.443. The van der Waals surface area contributed by atoms with E-state index in [1.54, 1.807) is 6.07 Å². The molecule has 1 aliphatic carbocycles. The zero-order valence-corrected chi connectivity index (χ0v) is 18.3. The first kappa shape index (κ1) is 22.4. The van der Waals surface area contributed by atoms with Crippen molar-refractivity contribution >= 4 is 28.4 Å². The molecule has 0 radical (unpaired) electrons. The molecule has 1 aliphatic rings. The minimum atomic E-state index is 0.443. The number of hydrogen-bond acceptors (Lipinski definition) is 4. The second-order valence-corrected chi connectivity index (χ2v) is 7.24. The van der Waals surface area contributed by atoms with Gasteiger partial charge in [-0.3, -0.25) is 4.99 Å². The number of nitrogens with two attached hydrogens (primary N) is 1. The van der Waals surface area contributed by atoms with Crippen molar-refractivity contribution in [3.05, 3.63) is 52.9 Å². The normalized spacial score (nSPS) is 14.8. The summed E-state index contributed by atoms with van der Waals surface area (Å²) in [5.41, 5.74) is 12.6. The third-order valence-corrected chi connectivity index (χ3v) is 5.24. The molecular weight excluding hydrogens is 356 g/mol. The first-order chi connectivity index (χ1) is 14.0. The second kappa shape index (κ2) is 10.6. The zero-order valence-electron chi connectivity index (χ0n) is 18.3. The van der Waals surface area contributed by atoms with Crippen LogP contribution in [-0.2, 0) is 0 Å². The molecule has 152 valence electrons. The molecule has 29 heavy (non-hydrogen) atoms. The fourth-order valence-electron chi connectivity index (χ4n) is 3.05. The number of benzene rings is 1. The van der Waals surface area contributed by atoms with Gasteiger partial charge < -0.3 is 5.73 Å². The van der Waals surface area contributed by atoms with E-state index in [1.165, 1.54) is 12.0 Å². The number of aromatic nitrogens is 1. The largest absolute Gasteiger partial charge is 0.398 e. The van der Waals surface area contributed by atoms with Gasteiger partial charge in [0.25, 0.3) is 0 Å². The molecule has 0 saturated heterocycles. The van der Waals surface area contributed by atoms with Gasteiger partial charge in [-0.1, -0.05) is 39.8 Å². The van der Waals surface area contributed by atoms with Crippen molar-refractivity contribution in [1.82, 2.24) is 4.98 Å². The number of fused-ring (bicyclic) bond motifs is 1. The van der Waals surface area contributed by atoms with Gasteiger partial charge in [0.2, 0.25) is 0 Å². The van der Waals surface area contributed by atoms with Crippen molar-refractivity contribution in [2.45, 2.75) is 60.3 Å². The number of hydrogen-bond donors (Lipinski definition) is 1. The van der Waals surface area contributed by atoms with Crippen LogP contribution in [0.25, 0.3) is 22.2 Å². The third-order valence-electron chi connectivity index (χ3n) is 5.24. The van der Waals surface area contributed by atoms with Gasteiger partial charge in [0.15, 0.2) is 0 Å². The van der Waals surface area contributed by atoms with Gasteiger partial charge in [0.05, 0.1) is 16.8 Å². The highest BCUT2D eigenvalue weighted by molar-refractivity contribution is 5.96. The Balaban J connectivity index is 0.00000145. The Hall–Kier alpha value is -2.93. The van der Waals surface area contributed by atoms with E-state index in [1.807, 2.05) is 51.4 Å². The first-order valence-corrected chi connectivity index (χ1v) is 10.6. The Kier molecular flexibility index (Phi) is 8.15. The summed E-state index contributed by atoms with van der Waals surface area (Å²) in [6, 6.07) is 9.98. The van der Waals surface area contributed by atoms with Gasteiger partial charge in [-0.2, -0.15) is 5.26 Å². The Morgan fingerprint density at radius 2 is 2.07 bits per heavy atom. The van der Waals surface area contributed by atoms with Crippen LogP contribution in [-0.4, -0.2) is 11.2 Å². The molecule has 1 saturated carbocycles. The number of para-hydroxylation sites is 1. The topological polar surface area (TPSA) is 75.1 Å². The van der Waals surface area contributed by atoms with Crippen LogP contribution in [0.4, 0.5) is 0 Å². The smallest absolute Gasteiger partial charge is 0.101 e. The monoisotopic (exact) mass is 388 g/mol. The summed E-state index contributed by atoms with van der Waals surface area (Å²) in [5, 5.41) is 10.5. The second-order valence-electron chi connectivity index (χ2n) is 7.24. The molecule has 1 aromatic carbocycles. The van der Waals surface area contributed by atoms with E-state index in [2.05, 4.69) is 24.9 Å². The average Bonchev–Trinajstić information content (AvgIpc) is 2.72. The Labute approximate surface area is 174 Å². The molecule has 3 rings (SSSR count). The maximum Gasteiger partial charge on any atom is 0.101 e. The third kappa shape index (κ3) is 5.12. The molecule has 0 aliphatic heterocycles. The summed E-state index contributed by atoms with van der Waals surface area (Å²) in [5.74, 6) is 0.443. The van der Waals surface area contributed by atoms with Crippen LogP contribution in [0.15, 0.2) is 41.0 Å². The lowest BCUT2D eigenvalue weighted by Crippen LogP contribution is -2.09. The van der Waals surface area contributed by atoms with Crippen LogP contribution >= 0.6 is 0 Å². The van der Waals surface area contributed by atoms with Crippen molar-refractivity contribution in [3.8, 4) is 6.07 Å². The molecule has 0 bridgehead atoms. The highest BCUT2D eigenvalue weighted by Gasteiger charge is 2.18. The molecular formula is C25H32N4. The van der Waals surface area contributed by atoms with Gasteiger partial charge in [-0.15, -0.1) is 0 Å². The Morgan fingerprint density at radius 3 is 2.66 bits per heavy atom. The summed E-state index contributed by atoms with van der Waals surface area (Å²) in [4.78, 5) is 9.21. The summed E-state index contributed by atoms with van der Waals surface area (Å²) in [7, 11) is 0. The van der Waals surface area contributed by atoms with Crippen molar-refractivity contribution < 1.29 is 0 Å². The SMILES string of the molecule is CC.CCC(C)C=N/C=C(\C)c1cc(C(N)=C2CCC2)c2cccc(C#N)c2n1. The van der Waals surface area contributed by atoms with Crippen LogP contribution in [0, 0.1) is 17.2 Å². The van der Waals surface area contributed by atoms with Gasteiger partial charge in [-0.25, -0.2) is 4.98 Å². The molecule has 4 nitrogen and oxygen atoms in total. The van der Waals surface area contributed by atoms with Crippen LogP contribution in [0.2, 0.25) is 0 Å². The lowest BCUT2D eigenvalue weighted by atomic mass is 9.87. The lowest BCUT2D eigenvalue weighted by Gasteiger charge is -2.21. The molecule has 1 atom stereocenters. The van der Waals surface area contributed by atoms with Gasteiger partial charge >= 0.3 is 0 Å². The van der Waals surface area contributed by atoms with Crippen molar-refractivity contribution in [2.24, 2.45) is 16.6 Å². The summed E-state index contributed by atoms with van der Waals surface area (Å²) < 4.78 is 0. The number of nitriles is 1. The van der Waals surface area contributed by atoms with E-state index < -0.39 is 0 Å². The maximum atomic E-state index is 9.52. The summed E-state index contributed by atoms with van der Waals surface area (Å²) in [6.45, 7) is 10.3. The summed E-state index contributed by atoms with van der Waals surface area (Å²) in [6.07, 6.45) is 8.15. The molecule has 1 unspecified atom stereocenters. The standard InChI is InChI=1S/C23H26N4.C2H6/c1-4-15(2)13-26-14-16(3)21-11-20(22(25)17-7-5-8-17)19-10-6-9-18(12-24)23(19)27-21;1-2/h6,9-11,13-15H,4-5,7-8,25H2,1-3H3;1-2H3/b16-14+,26-13?;. The number of rotatable bonds is 5. The number of allylic oxidation sites excluding steroid dienone is 2. The molecule has 1 heterocycles. The van der Waals surface area contributed by atoms with Crippen LogP contribution in [0.3, 0.4) is 0 Å². The van der Waals surface area contributed by atoms with Gasteiger partial charge in [-0.05, 0) is 61.8 Å². The highest BCUT2D eigenvalue weighted by atomic mass is 14.7. The van der Waals surface area contributed by atoms with Crippen LogP contribution < -0.4 is 5.73 Å². The highest BCUT2D eigenvalue weighted by Crippen LogP contribution is 2.34. The predicted octanol–water partition coefficient (Wildman–Crippen LogP) is 6.46. The number of nitrogens with zero attached hydrogens (tertiary/aromatic N) is 3. The van der Waals surface area contributed by atoms with E-state index in [4.69, 9.17) is 10.7 Å². The van der Waals surface area contributed by atoms with E-state index in [9.17, 15) is 5.26 Å². The molecule has 2 aromatic rings. The van der Waals surface area contributed by atoms with Crippen molar-refractivity contribution in [2.75, 3.05) is 0 Å². The van der Waals surface area contributed by atoms with E-state index in [0.29, 0.717) is 17.0 Å². The fourth-order valence-corrected chi connectivity index (χ4v) is 3.05. The van der Waals surface area contributed by atoms with E-state index in [-0.39, 0.29) is 0 Å². The van der Waals surface area contributed by atoms with Crippen LogP contribution in [0.5, 0.6) is 0 Å². The average molecular weight is 389 g/mol. The van der Waals surface area contributed by atoms with Gasteiger partial charge in [0.1, 0.15) is 6.07 Å². The predicted molar refractivity (Wildman–Crippen MR) is 124 cm³/mol. The molecule has 2 N–H and O–H groups in total. The van der Waals surface area contributed by atoms with Crippen molar-refractivity contribution in [3.63, 3.8) is 0 Å². The van der Waals surface area contributed by atoms with Crippen molar-refractivity contribution in [1.29, 1.82) is 5.26 Å². The number of aliphatic imine (C=N–C) groups is 1. The van der Waals surface area contributed by atoms with E-state index >= 15 is 0 Å². The minimum Gasteiger partial charge on any atom is -0.398 e. The molecule has 0 amide bonds.